The Morgan fingerprint density at radius 2 is 2.20 bits per heavy atom. The molecule has 1 aromatic rings. The second kappa shape index (κ2) is 5.36. The van der Waals surface area contributed by atoms with Gasteiger partial charge in [-0.2, -0.15) is 0 Å². The van der Waals surface area contributed by atoms with Crippen LogP contribution in [0.2, 0.25) is 0 Å². The highest BCUT2D eigenvalue weighted by Crippen LogP contribution is 2.20. The van der Waals surface area contributed by atoms with Crippen LogP contribution in [0.1, 0.15) is 22.8 Å². The summed E-state index contributed by atoms with van der Waals surface area (Å²) >= 11 is 0. The van der Waals surface area contributed by atoms with Crippen LogP contribution in [0.15, 0.2) is 18.2 Å². The summed E-state index contributed by atoms with van der Waals surface area (Å²) in [6, 6.07) is 5.10. The summed E-state index contributed by atoms with van der Waals surface area (Å²) < 4.78 is 9.99. The van der Waals surface area contributed by atoms with Crippen molar-refractivity contribution in [3.63, 3.8) is 0 Å². The highest BCUT2D eigenvalue weighted by Gasteiger charge is 2.09. The number of rotatable bonds is 4. The number of carbonyl (C=O) groups excluding carboxylic acids is 1. The molecule has 0 heterocycles. The van der Waals surface area contributed by atoms with Crippen molar-refractivity contribution >= 4 is 5.97 Å². The molecular weight excluding hydrogens is 194 g/mol. The summed E-state index contributed by atoms with van der Waals surface area (Å²) in [5.74, 6) is 0.266. The molecule has 0 spiro atoms. The average Bonchev–Trinajstić information content (AvgIpc) is 2.28. The lowest BCUT2D eigenvalue weighted by Gasteiger charge is -2.09. The molecule has 0 atom stereocenters. The molecule has 0 radical (unpaired) electrons. The number of ether oxygens (including phenoxy) is 2. The normalized spacial score (nSPS) is 9.80. The summed E-state index contributed by atoms with van der Waals surface area (Å²) in [5, 5.41) is 0. The van der Waals surface area contributed by atoms with E-state index in [0.717, 1.165) is 5.56 Å². The number of hydrogen-bond donors (Lipinski definition) is 1. The van der Waals surface area contributed by atoms with E-state index < -0.39 is 0 Å². The molecule has 0 aromatic heterocycles. The van der Waals surface area contributed by atoms with Crippen LogP contribution in [0.25, 0.3) is 0 Å². The molecule has 4 nitrogen and oxygen atoms in total. The number of carbonyl (C=O) groups is 1. The van der Waals surface area contributed by atoms with Crippen molar-refractivity contribution in [3.8, 4) is 5.75 Å². The van der Waals surface area contributed by atoms with Crippen LogP contribution < -0.4 is 10.5 Å². The van der Waals surface area contributed by atoms with Crippen molar-refractivity contribution in [1.82, 2.24) is 0 Å². The average molecular weight is 209 g/mol. The van der Waals surface area contributed by atoms with Gasteiger partial charge in [0.1, 0.15) is 5.75 Å². The lowest BCUT2D eigenvalue weighted by atomic mass is 10.1. The minimum Gasteiger partial charge on any atom is -0.494 e. The molecule has 0 saturated carbocycles. The summed E-state index contributed by atoms with van der Waals surface area (Å²) in [7, 11) is 1.35. The molecule has 2 N–H and O–H groups in total. The molecule has 0 aliphatic rings. The summed E-state index contributed by atoms with van der Waals surface area (Å²) in [5.41, 5.74) is 6.89. The van der Waals surface area contributed by atoms with Gasteiger partial charge in [0, 0.05) is 12.1 Å². The second-order valence-corrected chi connectivity index (χ2v) is 2.95. The van der Waals surface area contributed by atoms with E-state index in [4.69, 9.17) is 10.5 Å². The Morgan fingerprint density at radius 1 is 1.47 bits per heavy atom. The standard InChI is InChI=1S/C11H15NO3/c1-3-15-10-6-8(11(13)14-2)4-5-9(10)7-12/h4-6H,3,7,12H2,1-2H3. The Labute approximate surface area is 89.0 Å². The fourth-order valence-corrected chi connectivity index (χ4v) is 1.26. The predicted molar refractivity (Wildman–Crippen MR) is 56.8 cm³/mol. The number of nitrogens with two attached hydrogens (primary N) is 1. The molecule has 1 aromatic carbocycles. The van der Waals surface area contributed by atoms with E-state index in [1.807, 2.05) is 6.92 Å². The lowest BCUT2D eigenvalue weighted by Crippen LogP contribution is -2.06. The van der Waals surface area contributed by atoms with Crippen LogP contribution in [-0.4, -0.2) is 19.7 Å². The summed E-state index contributed by atoms with van der Waals surface area (Å²) in [4.78, 5) is 11.3. The fourth-order valence-electron chi connectivity index (χ4n) is 1.26. The zero-order valence-electron chi connectivity index (χ0n) is 8.95. The third-order valence-electron chi connectivity index (χ3n) is 2.01. The molecule has 1 rings (SSSR count). The number of hydrogen-bond acceptors (Lipinski definition) is 4. The van der Waals surface area contributed by atoms with Crippen LogP contribution >= 0.6 is 0 Å². The van der Waals surface area contributed by atoms with Crippen LogP contribution in [-0.2, 0) is 11.3 Å². The Morgan fingerprint density at radius 3 is 2.73 bits per heavy atom. The zero-order valence-corrected chi connectivity index (χ0v) is 8.95. The van der Waals surface area contributed by atoms with Crippen molar-refractivity contribution in [3.05, 3.63) is 29.3 Å². The molecular formula is C11H15NO3. The van der Waals surface area contributed by atoms with Crippen LogP contribution in [0.3, 0.4) is 0 Å². The van der Waals surface area contributed by atoms with E-state index >= 15 is 0 Å². The highest BCUT2D eigenvalue weighted by atomic mass is 16.5. The maximum Gasteiger partial charge on any atom is 0.337 e. The topological polar surface area (TPSA) is 61.5 Å². The Balaban J connectivity index is 3.04. The molecule has 82 valence electrons. The molecule has 0 unspecified atom stereocenters. The molecule has 0 fully saturated rings. The van der Waals surface area contributed by atoms with Gasteiger partial charge in [0.05, 0.1) is 19.3 Å². The Hall–Kier alpha value is -1.55. The van der Waals surface area contributed by atoms with Crippen molar-refractivity contribution < 1.29 is 14.3 Å². The van der Waals surface area contributed by atoms with Crippen molar-refractivity contribution in [1.29, 1.82) is 0 Å². The predicted octanol–water partition coefficient (Wildman–Crippen LogP) is 1.33. The van der Waals surface area contributed by atoms with E-state index in [-0.39, 0.29) is 5.97 Å². The van der Waals surface area contributed by atoms with Gasteiger partial charge in [-0.05, 0) is 19.1 Å². The minimum absolute atomic E-state index is 0.375. The number of benzene rings is 1. The largest absolute Gasteiger partial charge is 0.494 e. The van der Waals surface area contributed by atoms with E-state index in [2.05, 4.69) is 4.74 Å². The Bertz CT molecular complexity index is 350. The SMILES string of the molecule is CCOc1cc(C(=O)OC)ccc1CN. The van der Waals surface area contributed by atoms with Crippen molar-refractivity contribution in [2.24, 2.45) is 5.73 Å². The third-order valence-corrected chi connectivity index (χ3v) is 2.01. The van der Waals surface area contributed by atoms with Gasteiger partial charge in [0.25, 0.3) is 0 Å². The molecule has 0 saturated heterocycles. The van der Waals surface area contributed by atoms with Gasteiger partial charge in [0.15, 0.2) is 0 Å². The van der Waals surface area contributed by atoms with Gasteiger partial charge in [-0.25, -0.2) is 4.79 Å². The molecule has 0 aliphatic carbocycles. The first-order valence-electron chi connectivity index (χ1n) is 4.77. The quantitative estimate of drug-likeness (QED) is 0.760. The highest BCUT2D eigenvalue weighted by molar-refractivity contribution is 5.89. The van der Waals surface area contributed by atoms with E-state index in [9.17, 15) is 4.79 Å². The minimum atomic E-state index is -0.375. The van der Waals surface area contributed by atoms with Crippen LogP contribution in [0, 0.1) is 0 Å². The van der Waals surface area contributed by atoms with Gasteiger partial charge in [-0.15, -0.1) is 0 Å². The monoisotopic (exact) mass is 209 g/mol. The lowest BCUT2D eigenvalue weighted by molar-refractivity contribution is 0.0600. The first kappa shape index (κ1) is 11.5. The van der Waals surface area contributed by atoms with Crippen molar-refractivity contribution in [2.75, 3.05) is 13.7 Å². The van der Waals surface area contributed by atoms with Gasteiger partial charge < -0.3 is 15.2 Å². The third kappa shape index (κ3) is 2.70. The van der Waals surface area contributed by atoms with E-state index in [0.29, 0.717) is 24.5 Å². The molecule has 15 heavy (non-hydrogen) atoms. The van der Waals surface area contributed by atoms with Gasteiger partial charge in [-0.3, -0.25) is 0 Å². The molecule has 4 heteroatoms. The zero-order chi connectivity index (χ0) is 11.3. The Kier molecular flexibility index (Phi) is 4.12. The first-order chi connectivity index (χ1) is 7.22. The van der Waals surface area contributed by atoms with E-state index in [1.165, 1.54) is 7.11 Å². The van der Waals surface area contributed by atoms with Crippen LogP contribution in [0.4, 0.5) is 0 Å². The molecule has 0 aliphatic heterocycles. The van der Waals surface area contributed by atoms with Gasteiger partial charge >= 0.3 is 5.97 Å². The maximum absolute atomic E-state index is 11.3. The van der Waals surface area contributed by atoms with Crippen molar-refractivity contribution in [2.45, 2.75) is 13.5 Å². The maximum atomic E-state index is 11.3. The van der Waals surface area contributed by atoms with Gasteiger partial charge in [-0.1, -0.05) is 6.07 Å². The summed E-state index contributed by atoms with van der Waals surface area (Å²) in [6.07, 6.45) is 0. The number of methoxy groups -OCH3 is 1. The fraction of sp³-hybridized carbons (Fsp3) is 0.364. The van der Waals surface area contributed by atoms with Gasteiger partial charge in [0.2, 0.25) is 0 Å². The van der Waals surface area contributed by atoms with Crippen LogP contribution in [0.5, 0.6) is 5.75 Å². The summed E-state index contributed by atoms with van der Waals surface area (Å²) in [6.45, 7) is 2.81. The molecule has 0 bridgehead atoms. The second-order valence-electron chi connectivity index (χ2n) is 2.95. The molecule has 0 amide bonds. The smallest absolute Gasteiger partial charge is 0.337 e. The first-order valence-corrected chi connectivity index (χ1v) is 4.77. The number of esters is 1. The van der Waals surface area contributed by atoms with E-state index in [1.54, 1.807) is 18.2 Å².